The van der Waals surface area contributed by atoms with E-state index in [1.807, 2.05) is 4.90 Å². The van der Waals surface area contributed by atoms with Gasteiger partial charge in [0.1, 0.15) is 11.3 Å². The van der Waals surface area contributed by atoms with Crippen LogP contribution in [0.25, 0.3) is 10.9 Å². The average Bonchev–Trinajstić information content (AvgIpc) is 3.52. The van der Waals surface area contributed by atoms with Crippen LogP contribution in [0, 0.1) is 5.82 Å². The van der Waals surface area contributed by atoms with Crippen LogP contribution in [0.5, 0.6) is 5.75 Å². The van der Waals surface area contributed by atoms with Gasteiger partial charge in [0.25, 0.3) is 0 Å². The lowest BCUT2D eigenvalue weighted by atomic mass is 10.1. The smallest absolute Gasteiger partial charge is 0.341 e. The van der Waals surface area contributed by atoms with E-state index < -0.39 is 17.2 Å². The zero-order chi connectivity index (χ0) is 21.7. The highest BCUT2D eigenvalue weighted by Crippen LogP contribution is 2.44. The molecule has 8 heteroatoms. The summed E-state index contributed by atoms with van der Waals surface area (Å²) < 4.78 is 22.8. The van der Waals surface area contributed by atoms with E-state index in [1.54, 1.807) is 4.57 Å². The molecular formula is C22H28FN3O4. The predicted molar refractivity (Wildman–Crippen MR) is 113 cm³/mol. The molecule has 7 nitrogen and oxygen atoms in total. The van der Waals surface area contributed by atoms with Crippen molar-refractivity contribution >= 4 is 22.6 Å². The van der Waals surface area contributed by atoms with E-state index in [2.05, 4.69) is 25.7 Å². The molecule has 4 rings (SSSR count). The van der Waals surface area contributed by atoms with Gasteiger partial charge >= 0.3 is 5.97 Å². The van der Waals surface area contributed by atoms with Crippen LogP contribution in [0.2, 0.25) is 0 Å². The van der Waals surface area contributed by atoms with Crippen LogP contribution in [0.1, 0.15) is 50.0 Å². The van der Waals surface area contributed by atoms with Crippen molar-refractivity contribution in [2.75, 3.05) is 31.6 Å². The quantitative estimate of drug-likeness (QED) is 0.806. The second kappa shape index (κ2) is 7.58. The van der Waals surface area contributed by atoms with Crippen LogP contribution in [0.15, 0.2) is 17.1 Å². The van der Waals surface area contributed by atoms with Gasteiger partial charge in [-0.15, -0.1) is 0 Å². The second-order valence-corrected chi connectivity index (χ2v) is 8.58. The number of pyridine rings is 1. The standard InChI is InChI=1S/C22H28FN3O4/c1-12(2)25-8-7-24(10-13(25)3)19-17(23)9-15-18(21(19)30-4)26(14-5-6-14)11-16(20(15)27)22(28)29/h9,11-14H,5-8,10H2,1-4H3,(H,28,29). The Balaban J connectivity index is 1.91. The Morgan fingerprint density at radius 1 is 1.30 bits per heavy atom. The highest BCUT2D eigenvalue weighted by atomic mass is 19.1. The number of rotatable bonds is 5. The number of halogens is 1. The van der Waals surface area contributed by atoms with Crippen LogP contribution in [-0.2, 0) is 0 Å². The summed E-state index contributed by atoms with van der Waals surface area (Å²) in [6.07, 6.45) is 3.15. The molecule has 0 spiro atoms. The number of piperazine rings is 1. The van der Waals surface area contributed by atoms with Crippen LogP contribution in [0.3, 0.4) is 0 Å². The van der Waals surface area contributed by atoms with Crippen molar-refractivity contribution in [1.82, 2.24) is 9.47 Å². The third-order valence-corrected chi connectivity index (χ3v) is 6.23. The number of carboxylic acids is 1. The lowest BCUT2D eigenvalue weighted by Crippen LogP contribution is -2.54. The monoisotopic (exact) mass is 417 g/mol. The average molecular weight is 417 g/mol. The number of aromatic carboxylic acids is 1. The molecule has 2 heterocycles. The number of carboxylic acid groups (broad SMARTS) is 1. The fourth-order valence-corrected chi connectivity index (χ4v) is 4.67. The van der Waals surface area contributed by atoms with E-state index in [-0.39, 0.29) is 23.0 Å². The second-order valence-electron chi connectivity index (χ2n) is 8.58. The van der Waals surface area contributed by atoms with Crippen molar-refractivity contribution < 1.29 is 19.0 Å². The number of benzene rings is 1. The van der Waals surface area contributed by atoms with Gasteiger partial charge in [0.05, 0.1) is 18.0 Å². The maximum Gasteiger partial charge on any atom is 0.341 e. The van der Waals surface area contributed by atoms with Gasteiger partial charge in [0.2, 0.25) is 5.43 Å². The molecule has 1 aromatic heterocycles. The first kappa shape index (κ1) is 20.7. The molecule has 0 radical (unpaired) electrons. The summed E-state index contributed by atoms with van der Waals surface area (Å²) in [6.45, 7) is 8.50. The molecule has 1 saturated carbocycles. The zero-order valence-corrected chi connectivity index (χ0v) is 17.8. The number of hydrogen-bond donors (Lipinski definition) is 1. The molecule has 0 amide bonds. The molecule has 1 aromatic carbocycles. The molecule has 1 atom stereocenters. The van der Waals surface area contributed by atoms with Gasteiger partial charge in [0, 0.05) is 44.0 Å². The van der Waals surface area contributed by atoms with Gasteiger partial charge in [-0.25, -0.2) is 9.18 Å². The molecule has 1 aliphatic carbocycles. The summed E-state index contributed by atoms with van der Waals surface area (Å²) >= 11 is 0. The Morgan fingerprint density at radius 3 is 2.53 bits per heavy atom. The third-order valence-electron chi connectivity index (χ3n) is 6.23. The van der Waals surface area contributed by atoms with Crippen LogP contribution in [0.4, 0.5) is 10.1 Å². The fourth-order valence-electron chi connectivity index (χ4n) is 4.67. The normalized spacial score (nSPS) is 20.2. The number of carbonyl (C=O) groups is 1. The molecule has 1 aliphatic heterocycles. The van der Waals surface area contributed by atoms with Crippen molar-refractivity contribution in [2.24, 2.45) is 0 Å². The van der Waals surface area contributed by atoms with Gasteiger partial charge in [-0.1, -0.05) is 0 Å². The highest BCUT2D eigenvalue weighted by Gasteiger charge is 2.33. The predicted octanol–water partition coefficient (Wildman–Crippen LogP) is 3.10. The summed E-state index contributed by atoms with van der Waals surface area (Å²) in [6, 6.07) is 1.91. The maximum absolute atomic E-state index is 15.4. The van der Waals surface area contributed by atoms with Crippen molar-refractivity contribution in [3.8, 4) is 5.75 Å². The Labute approximate surface area is 174 Å². The summed E-state index contributed by atoms with van der Waals surface area (Å²) in [5.74, 6) is -1.57. The molecule has 1 saturated heterocycles. The van der Waals surface area contributed by atoms with Gasteiger partial charge in [-0.3, -0.25) is 9.69 Å². The number of nitrogens with zero attached hydrogens (tertiary/aromatic N) is 3. The van der Waals surface area contributed by atoms with Gasteiger partial charge in [0.15, 0.2) is 11.6 Å². The molecule has 2 aromatic rings. The first-order valence-electron chi connectivity index (χ1n) is 10.4. The summed E-state index contributed by atoms with van der Waals surface area (Å²) in [5, 5.41) is 9.50. The molecule has 1 N–H and O–H groups in total. The minimum atomic E-state index is -1.31. The van der Waals surface area contributed by atoms with Crippen LogP contribution >= 0.6 is 0 Å². The van der Waals surface area contributed by atoms with E-state index in [0.29, 0.717) is 36.1 Å². The van der Waals surface area contributed by atoms with Crippen LogP contribution in [-0.4, -0.2) is 59.4 Å². The summed E-state index contributed by atoms with van der Waals surface area (Å²) in [5.41, 5.74) is -0.207. The Hall–Kier alpha value is -2.61. The summed E-state index contributed by atoms with van der Waals surface area (Å²) in [7, 11) is 1.47. The fraction of sp³-hybridized carbons (Fsp3) is 0.545. The van der Waals surface area contributed by atoms with E-state index in [0.717, 1.165) is 19.4 Å². The first-order chi connectivity index (χ1) is 14.2. The number of aromatic nitrogens is 1. The van der Waals surface area contributed by atoms with E-state index in [1.165, 1.54) is 19.4 Å². The number of methoxy groups -OCH3 is 1. The molecule has 0 bridgehead atoms. The van der Waals surface area contributed by atoms with Crippen molar-refractivity contribution in [3.05, 3.63) is 33.9 Å². The highest BCUT2D eigenvalue weighted by molar-refractivity contribution is 5.97. The lowest BCUT2D eigenvalue weighted by Gasteiger charge is -2.43. The van der Waals surface area contributed by atoms with Crippen LogP contribution < -0.4 is 15.1 Å². The van der Waals surface area contributed by atoms with Gasteiger partial charge in [-0.2, -0.15) is 0 Å². The number of anilines is 1. The molecule has 162 valence electrons. The molecule has 1 unspecified atom stereocenters. The van der Waals surface area contributed by atoms with Crippen molar-refractivity contribution in [1.29, 1.82) is 0 Å². The maximum atomic E-state index is 15.4. The Morgan fingerprint density at radius 2 is 2.00 bits per heavy atom. The number of fused-ring (bicyclic) bond motifs is 1. The van der Waals surface area contributed by atoms with Gasteiger partial charge in [-0.05, 0) is 39.7 Å². The minimum absolute atomic E-state index is 0.0498. The zero-order valence-electron chi connectivity index (χ0n) is 17.8. The Bertz CT molecular complexity index is 1060. The lowest BCUT2D eigenvalue weighted by molar-refractivity contribution is 0.0694. The SMILES string of the molecule is COc1c(N2CCN(C(C)C)C(C)C2)c(F)cc2c(=O)c(C(=O)O)cn(C3CC3)c12. The molecule has 2 fully saturated rings. The van der Waals surface area contributed by atoms with Crippen molar-refractivity contribution in [2.45, 2.75) is 51.7 Å². The Kier molecular flexibility index (Phi) is 5.22. The van der Waals surface area contributed by atoms with Crippen molar-refractivity contribution in [3.63, 3.8) is 0 Å². The minimum Gasteiger partial charge on any atom is -0.492 e. The topological polar surface area (TPSA) is 75.0 Å². The molecule has 30 heavy (non-hydrogen) atoms. The summed E-state index contributed by atoms with van der Waals surface area (Å²) in [4.78, 5) is 28.7. The van der Waals surface area contributed by atoms with Gasteiger partial charge < -0.3 is 19.3 Å². The number of ether oxygens (including phenoxy) is 1. The largest absolute Gasteiger partial charge is 0.492 e. The van der Waals surface area contributed by atoms with E-state index >= 15 is 4.39 Å². The molecule has 2 aliphatic rings. The molecular weight excluding hydrogens is 389 g/mol. The van der Waals surface area contributed by atoms with E-state index in [9.17, 15) is 14.7 Å². The van der Waals surface area contributed by atoms with E-state index in [4.69, 9.17) is 4.74 Å². The third kappa shape index (κ3) is 3.33. The first-order valence-corrected chi connectivity index (χ1v) is 10.4. The number of hydrogen-bond acceptors (Lipinski definition) is 5.